The van der Waals surface area contributed by atoms with Gasteiger partial charge in [-0.05, 0) is 13.0 Å². The molecule has 0 aromatic rings. The molecule has 0 bridgehead atoms. The largest absolute Gasteiger partial charge is 0.482 e. The molecule has 1 N–H and O–H groups in total. The number of halogens is 5. The van der Waals surface area contributed by atoms with Crippen molar-refractivity contribution in [3.63, 3.8) is 0 Å². The highest BCUT2D eigenvalue weighted by Gasteiger charge is 2.60. The van der Waals surface area contributed by atoms with E-state index < -0.39 is 18.4 Å². The molecule has 0 aromatic carbocycles. The van der Waals surface area contributed by atoms with Gasteiger partial charge in [0, 0.05) is 6.54 Å². The van der Waals surface area contributed by atoms with Crippen LogP contribution in [0.1, 0.15) is 6.42 Å². The van der Waals surface area contributed by atoms with E-state index in [0.29, 0.717) is 6.54 Å². The SMILES string of the molecule is FC(F)(F)C(F)(F)O[C@@H]1CCNC1. The predicted octanol–water partition coefficient (Wildman–Crippen LogP) is 1.52. The molecule has 0 amide bonds. The smallest absolute Gasteiger partial charge is 0.314 e. The number of hydrogen-bond donors (Lipinski definition) is 1. The molecule has 0 radical (unpaired) electrons. The zero-order valence-electron chi connectivity index (χ0n) is 6.50. The summed E-state index contributed by atoms with van der Waals surface area (Å²) in [6.45, 7) is 0.435. The molecule has 1 rings (SSSR count). The Morgan fingerprint density at radius 1 is 1.15 bits per heavy atom. The standard InChI is InChI=1S/C6H8F5NO/c7-5(8,9)6(10,11)13-4-1-2-12-3-4/h4,12H,1-3H2/t4-/m1/s1. The van der Waals surface area contributed by atoms with Crippen molar-refractivity contribution < 1.29 is 26.7 Å². The molecule has 0 aliphatic carbocycles. The molecule has 0 aromatic heterocycles. The molecule has 78 valence electrons. The lowest BCUT2D eigenvalue weighted by Crippen LogP contribution is -2.42. The Balaban J connectivity index is 2.50. The minimum absolute atomic E-state index is 0.0334. The predicted molar refractivity (Wildman–Crippen MR) is 33.4 cm³/mol. The molecule has 0 spiro atoms. The van der Waals surface area contributed by atoms with Gasteiger partial charge in [-0.3, -0.25) is 0 Å². The maximum atomic E-state index is 12.2. The molecule has 1 fully saturated rings. The molecule has 1 aliphatic rings. The molecular weight excluding hydrogens is 197 g/mol. The zero-order valence-corrected chi connectivity index (χ0v) is 6.50. The van der Waals surface area contributed by atoms with Crippen LogP contribution >= 0.6 is 0 Å². The first kappa shape index (κ1) is 10.6. The lowest BCUT2D eigenvalue weighted by atomic mass is 10.3. The van der Waals surface area contributed by atoms with E-state index in [9.17, 15) is 22.0 Å². The fourth-order valence-electron chi connectivity index (χ4n) is 1.00. The minimum atomic E-state index is -5.63. The molecule has 0 unspecified atom stereocenters. The van der Waals surface area contributed by atoms with Gasteiger partial charge in [0.05, 0.1) is 6.10 Å². The Morgan fingerprint density at radius 3 is 2.15 bits per heavy atom. The average molecular weight is 205 g/mol. The van der Waals surface area contributed by atoms with Gasteiger partial charge in [-0.15, -0.1) is 0 Å². The summed E-state index contributed by atoms with van der Waals surface area (Å²) in [5.41, 5.74) is 0. The van der Waals surface area contributed by atoms with E-state index in [1.54, 1.807) is 0 Å². The number of rotatable bonds is 2. The third-order valence-electron chi connectivity index (χ3n) is 1.66. The average Bonchev–Trinajstić information content (AvgIpc) is 2.35. The first-order valence-corrected chi connectivity index (χ1v) is 3.66. The molecule has 7 heteroatoms. The summed E-state index contributed by atoms with van der Waals surface area (Å²) < 4.78 is 62.8. The van der Waals surface area contributed by atoms with Gasteiger partial charge in [0.15, 0.2) is 0 Å². The molecular formula is C6H8F5NO. The van der Waals surface area contributed by atoms with Crippen molar-refractivity contribution in [2.24, 2.45) is 0 Å². The van der Waals surface area contributed by atoms with Crippen LogP contribution in [-0.4, -0.2) is 31.5 Å². The molecule has 2 nitrogen and oxygen atoms in total. The van der Waals surface area contributed by atoms with Gasteiger partial charge < -0.3 is 10.1 Å². The van der Waals surface area contributed by atoms with Crippen LogP contribution in [0.3, 0.4) is 0 Å². The Bertz CT molecular complexity index is 174. The van der Waals surface area contributed by atoms with Gasteiger partial charge in [-0.2, -0.15) is 22.0 Å². The van der Waals surface area contributed by atoms with Crippen molar-refractivity contribution in [3.8, 4) is 0 Å². The van der Waals surface area contributed by atoms with E-state index >= 15 is 0 Å². The first-order chi connectivity index (χ1) is 5.83. The van der Waals surface area contributed by atoms with E-state index in [1.807, 2.05) is 0 Å². The van der Waals surface area contributed by atoms with Gasteiger partial charge in [-0.25, -0.2) is 0 Å². The van der Waals surface area contributed by atoms with Gasteiger partial charge >= 0.3 is 12.3 Å². The summed E-state index contributed by atoms with van der Waals surface area (Å²) in [4.78, 5) is 0. The number of ether oxygens (including phenoxy) is 1. The fraction of sp³-hybridized carbons (Fsp3) is 1.00. The highest BCUT2D eigenvalue weighted by Crippen LogP contribution is 2.37. The molecule has 13 heavy (non-hydrogen) atoms. The van der Waals surface area contributed by atoms with Gasteiger partial charge in [0.25, 0.3) is 0 Å². The zero-order chi connectivity index (χ0) is 10.1. The van der Waals surface area contributed by atoms with Gasteiger partial charge in [0.1, 0.15) is 0 Å². The summed E-state index contributed by atoms with van der Waals surface area (Å²) >= 11 is 0. The Hall–Kier alpha value is -0.430. The van der Waals surface area contributed by atoms with Crippen LogP contribution in [0.15, 0.2) is 0 Å². The summed E-state index contributed by atoms with van der Waals surface area (Å²) in [6, 6.07) is 0. The second kappa shape index (κ2) is 3.38. The number of hydrogen-bond acceptors (Lipinski definition) is 2. The van der Waals surface area contributed by atoms with Crippen molar-refractivity contribution in [2.45, 2.75) is 24.8 Å². The highest BCUT2D eigenvalue weighted by atomic mass is 19.4. The van der Waals surface area contributed by atoms with Crippen molar-refractivity contribution in [1.82, 2.24) is 5.32 Å². The Morgan fingerprint density at radius 2 is 1.77 bits per heavy atom. The maximum Gasteiger partial charge on any atom is 0.482 e. The molecule has 0 saturated carbocycles. The normalized spacial score (nSPS) is 25.2. The van der Waals surface area contributed by atoms with Gasteiger partial charge in [0.2, 0.25) is 0 Å². The van der Waals surface area contributed by atoms with Crippen LogP contribution < -0.4 is 5.32 Å². The second-order valence-electron chi connectivity index (χ2n) is 2.75. The topological polar surface area (TPSA) is 21.3 Å². The minimum Gasteiger partial charge on any atom is -0.314 e. The lowest BCUT2D eigenvalue weighted by molar-refractivity contribution is -0.400. The molecule has 1 heterocycles. The lowest BCUT2D eigenvalue weighted by Gasteiger charge is -2.22. The monoisotopic (exact) mass is 205 g/mol. The summed E-state index contributed by atoms with van der Waals surface area (Å²) in [5, 5.41) is 2.62. The molecule has 1 atom stereocenters. The van der Waals surface area contributed by atoms with E-state index in [4.69, 9.17) is 0 Å². The quantitative estimate of drug-likeness (QED) is 0.690. The number of nitrogens with one attached hydrogen (secondary N) is 1. The van der Waals surface area contributed by atoms with E-state index in [0.717, 1.165) is 0 Å². The van der Waals surface area contributed by atoms with Gasteiger partial charge in [-0.1, -0.05) is 0 Å². The maximum absolute atomic E-state index is 12.2. The van der Waals surface area contributed by atoms with Crippen LogP contribution in [0.2, 0.25) is 0 Å². The fourth-order valence-corrected chi connectivity index (χ4v) is 1.00. The summed E-state index contributed by atoms with van der Waals surface area (Å²) in [7, 11) is 0. The van der Waals surface area contributed by atoms with E-state index in [2.05, 4.69) is 10.1 Å². The van der Waals surface area contributed by atoms with Crippen LogP contribution in [-0.2, 0) is 4.74 Å². The molecule has 1 saturated heterocycles. The third kappa shape index (κ3) is 2.50. The van der Waals surface area contributed by atoms with Crippen LogP contribution in [0, 0.1) is 0 Å². The Kier molecular flexibility index (Phi) is 2.76. The third-order valence-corrected chi connectivity index (χ3v) is 1.66. The molecule has 1 aliphatic heterocycles. The summed E-state index contributed by atoms with van der Waals surface area (Å²) in [5.74, 6) is 0. The number of alkyl halides is 5. The van der Waals surface area contributed by atoms with E-state index in [-0.39, 0.29) is 13.0 Å². The van der Waals surface area contributed by atoms with Crippen LogP contribution in [0.5, 0.6) is 0 Å². The van der Waals surface area contributed by atoms with Crippen molar-refractivity contribution in [2.75, 3.05) is 13.1 Å². The van der Waals surface area contributed by atoms with Crippen molar-refractivity contribution in [1.29, 1.82) is 0 Å². The Labute approximate surface area is 71.0 Å². The van der Waals surface area contributed by atoms with Crippen LogP contribution in [0.4, 0.5) is 22.0 Å². The second-order valence-corrected chi connectivity index (χ2v) is 2.75. The highest BCUT2D eigenvalue weighted by molar-refractivity contribution is 4.75. The van der Waals surface area contributed by atoms with E-state index in [1.165, 1.54) is 0 Å². The summed E-state index contributed by atoms with van der Waals surface area (Å²) in [6.07, 6.45) is -11.6. The van der Waals surface area contributed by atoms with Crippen molar-refractivity contribution in [3.05, 3.63) is 0 Å². The van der Waals surface area contributed by atoms with Crippen LogP contribution in [0.25, 0.3) is 0 Å². The van der Waals surface area contributed by atoms with Crippen molar-refractivity contribution >= 4 is 0 Å². The first-order valence-electron chi connectivity index (χ1n) is 3.66.